The summed E-state index contributed by atoms with van der Waals surface area (Å²) in [5.41, 5.74) is -0.372. The monoisotopic (exact) mass is 183 g/mol. The van der Waals surface area contributed by atoms with Crippen LogP contribution in [0.15, 0.2) is 0 Å². The lowest BCUT2D eigenvalue weighted by Crippen LogP contribution is -2.49. The SMILES string of the molecule is CC1CCC(O)(C2CCCN2)CC1. The van der Waals surface area contributed by atoms with Gasteiger partial charge in [-0.05, 0) is 51.0 Å². The first kappa shape index (κ1) is 9.47. The number of nitrogens with one attached hydrogen (secondary N) is 1. The third-order valence-electron chi connectivity index (χ3n) is 3.85. The van der Waals surface area contributed by atoms with Crippen LogP contribution in [-0.4, -0.2) is 23.3 Å². The molecule has 0 amide bonds. The number of hydrogen-bond donors (Lipinski definition) is 2. The van der Waals surface area contributed by atoms with Crippen molar-refractivity contribution >= 4 is 0 Å². The molecule has 13 heavy (non-hydrogen) atoms. The van der Waals surface area contributed by atoms with Gasteiger partial charge in [-0.25, -0.2) is 0 Å². The fraction of sp³-hybridized carbons (Fsp3) is 1.00. The van der Waals surface area contributed by atoms with Crippen LogP contribution >= 0.6 is 0 Å². The lowest BCUT2D eigenvalue weighted by atomic mass is 9.75. The molecular weight excluding hydrogens is 162 g/mol. The van der Waals surface area contributed by atoms with Crippen LogP contribution in [-0.2, 0) is 0 Å². The zero-order valence-electron chi connectivity index (χ0n) is 8.55. The van der Waals surface area contributed by atoms with Crippen LogP contribution in [0, 0.1) is 5.92 Å². The van der Waals surface area contributed by atoms with E-state index in [1.807, 2.05) is 0 Å². The summed E-state index contributed by atoms with van der Waals surface area (Å²) in [7, 11) is 0. The van der Waals surface area contributed by atoms with Crippen molar-refractivity contribution in [1.29, 1.82) is 0 Å². The lowest BCUT2D eigenvalue weighted by Gasteiger charge is -2.39. The van der Waals surface area contributed by atoms with Gasteiger partial charge in [-0.2, -0.15) is 0 Å². The molecule has 0 spiro atoms. The highest BCUT2D eigenvalue weighted by Crippen LogP contribution is 2.36. The van der Waals surface area contributed by atoms with E-state index in [1.165, 1.54) is 25.7 Å². The Balaban J connectivity index is 1.95. The van der Waals surface area contributed by atoms with Gasteiger partial charge in [-0.1, -0.05) is 6.92 Å². The summed E-state index contributed by atoms with van der Waals surface area (Å²) < 4.78 is 0. The Morgan fingerprint density at radius 2 is 1.92 bits per heavy atom. The molecule has 2 rings (SSSR count). The Morgan fingerprint density at radius 3 is 2.46 bits per heavy atom. The minimum absolute atomic E-state index is 0.372. The van der Waals surface area contributed by atoms with Gasteiger partial charge >= 0.3 is 0 Å². The first-order valence-electron chi connectivity index (χ1n) is 5.66. The van der Waals surface area contributed by atoms with Crippen molar-refractivity contribution in [2.75, 3.05) is 6.54 Å². The maximum Gasteiger partial charge on any atom is 0.0800 e. The Bertz CT molecular complexity index is 167. The van der Waals surface area contributed by atoms with Crippen molar-refractivity contribution in [2.45, 2.75) is 57.1 Å². The average molecular weight is 183 g/mol. The molecule has 2 heteroatoms. The molecule has 0 aromatic carbocycles. The molecule has 2 aliphatic rings. The summed E-state index contributed by atoms with van der Waals surface area (Å²) in [6.45, 7) is 3.39. The molecule has 0 aromatic heterocycles. The highest BCUT2D eigenvalue weighted by Gasteiger charge is 2.40. The van der Waals surface area contributed by atoms with Crippen molar-refractivity contribution in [3.8, 4) is 0 Å². The summed E-state index contributed by atoms with van der Waals surface area (Å²) in [4.78, 5) is 0. The molecule has 0 aromatic rings. The number of rotatable bonds is 1. The predicted octanol–water partition coefficient (Wildman–Crippen LogP) is 1.68. The van der Waals surface area contributed by atoms with Gasteiger partial charge < -0.3 is 10.4 Å². The van der Waals surface area contributed by atoms with Crippen LogP contribution in [0.25, 0.3) is 0 Å². The zero-order chi connectivity index (χ0) is 9.31. The Labute approximate surface area is 80.7 Å². The van der Waals surface area contributed by atoms with Crippen LogP contribution in [0.5, 0.6) is 0 Å². The molecule has 1 saturated carbocycles. The van der Waals surface area contributed by atoms with Gasteiger partial charge in [0.1, 0.15) is 0 Å². The summed E-state index contributed by atoms with van der Waals surface area (Å²) >= 11 is 0. The third-order valence-corrected chi connectivity index (χ3v) is 3.85. The van der Waals surface area contributed by atoms with Crippen LogP contribution in [0.1, 0.15) is 45.4 Å². The van der Waals surface area contributed by atoms with Crippen LogP contribution in [0.4, 0.5) is 0 Å². The van der Waals surface area contributed by atoms with Crippen molar-refractivity contribution in [3.05, 3.63) is 0 Å². The van der Waals surface area contributed by atoms with E-state index in [0.29, 0.717) is 6.04 Å². The standard InChI is InChI=1S/C11H21NO/c1-9-4-6-11(13,7-5-9)10-3-2-8-12-10/h9-10,12-13H,2-8H2,1H3. The molecule has 76 valence electrons. The minimum atomic E-state index is -0.372. The Hall–Kier alpha value is -0.0800. The second-order valence-electron chi connectivity index (χ2n) is 4.94. The predicted molar refractivity (Wildman–Crippen MR) is 53.6 cm³/mol. The Morgan fingerprint density at radius 1 is 1.23 bits per heavy atom. The topological polar surface area (TPSA) is 32.3 Å². The fourth-order valence-corrected chi connectivity index (χ4v) is 2.75. The quantitative estimate of drug-likeness (QED) is 0.648. The summed E-state index contributed by atoms with van der Waals surface area (Å²) in [6, 6.07) is 0.389. The molecule has 2 fully saturated rings. The third kappa shape index (κ3) is 1.89. The van der Waals surface area contributed by atoms with Gasteiger partial charge in [0.25, 0.3) is 0 Å². The van der Waals surface area contributed by atoms with E-state index in [-0.39, 0.29) is 5.60 Å². The highest BCUT2D eigenvalue weighted by molar-refractivity contribution is 4.97. The van der Waals surface area contributed by atoms with Gasteiger partial charge in [-0.15, -0.1) is 0 Å². The first-order chi connectivity index (χ1) is 6.21. The molecular formula is C11H21NO. The molecule has 1 atom stereocenters. The van der Waals surface area contributed by atoms with Crippen molar-refractivity contribution < 1.29 is 5.11 Å². The highest BCUT2D eigenvalue weighted by atomic mass is 16.3. The molecule has 2 N–H and O–H groups in total. The van der Waals surface area contributed by atoms with Crippen molar-refractivity contribution in [2.24, 2.45) is 5.92 Å². The fourth-order valence-electron chi connectivity index (χ4n) is 2.75. The maximum absolute atomic E-state index is 10.4. The molecule has 1 unspecified atom stereocenters. The summed E-state index contributed by atoms with van der Waals surface area (Å²) in [6.07, 6.45) is 6.83. The molecule has 1 saturated heterocycles. The largest absolute Gasteiger partial charge is 0.388 e. The lowest BCUT2D eigenvalue weighted by molar-refractivity contribution is -0.0345. The van der Waals surface area contributed by atoms with E-state index in [0.717, 1.165) is 25.3 Å². The smallest absolute Gasteiger partial charge is 0.0800 e. The maximum atomic E-state index is 10.4. The minimum Gasteiger partial charge on any atom is -0.388 e. The van der Waals surface area contributed by atoms with Gasteiger partial charge in [-0.3, -0.25) is 0 Å². The Kier molecular flexibility index (Phi) is 2.61. The number of aliphatic hydroxyl groups is 1. The second-order valence-corrected chi connectivity index (χ2v) is 4.94. The van der Waals surface area contributed by atoms with Gasteiger partial charge in [0.05, 0.1) is 5.60 Å². The van der Waals surface area contributed by atoms with Crippen LogP contribution in [0.3, 0.4) is 0 Å². The van der Waals surface area contributed by atoms with Crippen molar-refractivity contribution in [1.82, 2.24) is 5.32 Å². The first-order valence-corrected chi connectivity index (χ1v) is 5.66. The van der Waals surface area contributed by atoms with Crippen LogP contribution in [0.2, 0.25) is 0 Å². The molecule has 0 radical (unpaired) electrons. The van der Waals surface area contributed by atoms with E-state index < -0.39 is 0 Å². The van der Waals surface area contributed by atoms with E-state index in [9.17, 15) is 5.11 Å². The molecule has 1 aliphatic heterocycles. The molecule has 2 nitrogen and oxygen atoms in total. The zero-order valence-corrected chi connectivity index (χ0v) is 8.55. The van der Waals surface area contributed by atoms with E-state index >= 15 is 0 Å². The van der Waals surface area contributed by atoms with Crippen molar-refractivity contribution in [3.63, 3.8) is 0 Å². The van der Waals surface area contributed by atoms with Crippen LogP contribution < -0.4 is 5.32 Å². The van der Waals surface area contributed by atoms with E-state index in [4.69, 9.17) is 0 Å². The van der Waals surface area contributed by atoms with E-state index in [1.54, 1.807) is 0 Å². The average Bonchev–Trinajstić information content (AvgIpc) is 2.63. The molecule has 1 aliphatic carbocycles. The normalized spacial score (nSPS) is 46.6. The number of hydrogen-bond acceptors (Lipinski definition) is 2. The van der Waals surface area contributed by atoms with Gasteiger partial charge in [0.2, 0.25) is 0 Å². The van der Waals surface area contributed by atoms with E-state index in [2.05, 4.69) is 12.2 Å². The summed E-state index contributed by atoms with van der Waals surface area (Å²) in [5, 5.41) is 13.9. The molecule has 1 heterocycles. The summed E-state index contributed by atoms with van der Waals surface area (Å²) in [5.74, 6) is 0.821. The van der Waals surface area contributed by atoms with Gasteiger partial charge in [0.15, 0.2) is 0 Å². The second kappa shape index (κ2) is 3.58. The van der Waals surface area contributed by atoms with Gasteiger partial charge in [0, 0.05) is 6.04 Å². The molecule has 0 bridgehead atoms.